The lowest BCUT2D eigenvalue weighted by Crippen LogP contribution is -2.16. The largest absolute Gasteiger partial charge is 0.487 e. The van der Waals surface area contributed by atoms with Gasteiger partial charge >= 0.3 is 0 Å². The fourth-order valence-electron chi connectivity index (χ4n) is 4.39. The number of nitrogens with one attached hydrogen (secondary N) is 1. The summed E-state index contributed by atoms with van der Waals surface area (Å²) in [6, 6.07) is 8.38. The SMILES string of the molecule is CS(=O)(=O)c1ccc(-c2cc(F)c(OC[C@H]3C[C@H]4CNC[C@H]4C3)c(F)c2)cc1. The number of sulfone groups is 1. The smallest absolute Gasteiger partial charge is 0.190 e. The van der Waals surface area contributed by atoms with Gasteiger partial charge in [0.1, 0.15) is 0 Å². The Bertz CT molecular complexity index is 941. The average molecular weight is 407 g/mol. The second-order valence-electron chi connectivity index (χ2n) is 7.89. The molecule has 4 nitrogen and oxygen atoms in total. The summed E-state index contributed by atoms with van der Waals surface area (Å²) in [5.41, 5.74) is 0.872. The van der Waals surface area contributed by atoms with Gasteiger partial charge in [0.2, 0.25) is 0 Å². The minimum absolute atomic E-state index is 0.161. The zero-order valence-electron chi connectivity index (χ0n) is 15.6. The predicted octanol–water partition coefficient (Wildman–Crippen LogP) is 3.66. The Kier molecular flexibility index (Phi) is 5.14. The summed E-state index contributed by atoms with van der Waals surface area (Å²) in [4.78, 5) is 0.161. The maximum atomic E-state index is 14.5. The Hall–Kier alpha value is -1.99. The third kappa shape index (κ3) is 3.91. The topological polar surface area (TPSA) is 55.4 Å². The van der Waals surface area contributed by atoms with Gasteiger partial charge in [-0.25, -0.2) is 17.2 Å². The van der Waals surface area contributed by atoms with Gasteiger partial charge in [-0.15, -0.1) is 0 Å². The zero-order chi connectivity index (χ0) is 19.9. The predicted molar refractivity (Wildman–Crippen MR) is 103 cm³/mol. The summed E-state index contributed by atoms with van der Waals surface area (Å²) in [6.07, 6.45) is 3.18. The van der Waals surface area contributed by atoms with Gasteiger partial charge in [-0.3, -0.25) is 0 Å². The normalized spacial score (nSPS) is 24.3. The van der Waals surface area contributed by atoms with E-state index in [2.05, 4.69) is 5.32 Å². The van der Waals surface area contributed by atoms with Gasteiger partial charge in [0.05, 0.1) is 11.5 Å². The van der Waals surface area contributed by atoms with E-state index in [1.54, 1.807) is 0 Å². The molecule has 3 atom stereocenters. The van der Waals surface area contributed by atoms with Crippen LogP contribution in [0.3, 0.4) is 0 Å². The van der Waals surface area contributed by atoms with Gasteiger partial charge in [0.15, 0.2) is 27.2 Å². The van der Waals surface area contributed by atoms with E-state index >= 15 is 0 Å². The number of halogens is 2. The molecular formula is C21H23F2NO3S. The molecule has 150 valence electrons. The molecular weight excluding hydrogens is 384 g/mol. The Balaban J connectivity index is 1.47. The monoisotopic (exact) mass is 407 g/mol. The van der Waals surface area contributed by atoms with E-state index < -0.39 is 21.5 Å². The molecule has 1 aliphatic carbocycles. The van der Waals surface area contributed by atoms with Crippen LogP contribution in [0.5, 0.6) is 5.75 Å². The van der Waals surface area contributed by atoms with Crippen LogP contribution >= 0.6 is 0 Å². The van der Waals surface area contributed by atoms with Crippen molar-refractivity contribution in [1.82, 2.24) is 5.32 Å². The first-order valence-corrected chi connectivity index (χ1v) is 11.3. The van der Waals surface area contributed by atoms with Crippen LogP contribution in [-0.4, -0.2) is 34.4 Å². The van der Waals surface area contributed by atoms with Crippen LogP contribution in [0.4, 0.5) is 8.78 Å². The molecule has 0 aromatic heterocycles. The second-order valence-corrected chi connectivity index (χ2v) is 9.91. The van der Waals surface area contributed by atoms with E-state index in [1.165, 1.54) is 36.4 Å². The summed E-state index contributed by atoms with van der Waals surface area (Å²) < 4.78 is 57.6. The zero-order valence-corrected chi connectivity index (χ0v) is 16.4. The Morgan fingerprint density at radius 2 is 1.57 bits per heavy atom. The molecule has 0 bridgehead atoms. The lowest BCUT2D eigenvalue weighted by molar-refractivity contribution is 0.225. The van der Waals surface area contributed by atoms with Crippen molar-refractivity contribution in [2.24, 2.45) is 17.8 Å². The van der Waals surface area contributed by atoms with Gasteiger partial charge in [-0.1, -0.05) is 12.1 Å². The molecule has 2 fully saturated rings. The second kappa shape index (κ2) is 7.44. The lowest BCUT2D eigenvalue weighted by Gasteiger charge is -2.15. The van der Waals surface area contributed by atoms with E-state index in [0.717, 1.165) is 32.2 Å². The van der Waals surface area contributed by atoms with E-state index in [0.29, 0.717) is 35.5 Å². The molecule has 2 aromatic rings. The number of rotatable bonds is 5. The fourth-order valence-corrected chi connectivity index (χ4v) is 5.02. The minimum atomic E-state index is -3.32. The lowest BCUT2D eigenvalue weighted by atomic mass is 10.0. The van der Waals surface area contributed by atoms with Crippen LogP contribution in [0.25, 0.3) is 11.1 Å². The van der Waals surface area contributed by atoms with Crippen molar-refractivity contribution in [2.45, 2.75) is 17.7 Å². The molecule has 0 spiro atoms. The maximum absolute atomic E-state index is 14.5. The molecule has 4 rings (SSSR count). The van der Waals surface area contributed by atoms with E-state index in [1.807, 2.05) is 0 Å². The van der Waals surface area contributed by atoms with Crippen LogP contribution in [0.1, 0.15) is 12.8 Å². The summed E-state index contributed by atoms with van der Waals surface area (Å²) in [6.45, 7) is 2.37. The van der Waals surface area contributed by atoms with Crippen molar-refractivity contribution in [3.8, 4) is 16.9 Å². The van der Waals surface area contributed by atoms with E-state index in [9.17, 15) is 17.2 Å². The van der Waals surface area contributed by atoms with Crippen molar-refractivity contribution in [2.75, 3.05) is 26.0 Å². The highest BCUT2D eigenvalue weighted by atomic mass is 32.2. The summed E-state index contributed by atoms with van der Waals surface area (Å²) >= 11 is 0. The Morgan fingerprint density at radius 1 is 1.00 bits per heavy atom. The first-order valence-electron chi connectivity index (χ1n) is 9.44. The summed E-state index contributed by atoms with van der Waals surface area (Å²) in [5.74, 6) is -0.198. The Morgan fingerprint density at radius 3 is 2.11 bits per heavy atom. The molecule has 0 radical (unpaired) electrons. The first-order chi connectivity index (χ1) is 13.3. The van der Waals surface area contributed by atoms with Crippen LogP contribution in [0, 0.1) is 29.4 Å². The molecule has 1 saturated heterocycles. The average Bonchev–Trinajstić information content (AvgIpc) is 3.22. The Labute approximate surface area is 163 Å². The van der Waals surface area contributed by atoms with Crippen molar-refractivity contribution in [3.63, 3.8) is 0 Å². The molecule has 7 heteroatoms. The summed E-state index contributed by atoms with van der Waals surface area (Å²) in [7, 11) is -3.32. The van der Waals surface area contributed by atoms with Gasteiger partial charge in [-0.05, 0) is 79.1 Å². The highest BCUT2D eigenvalue weighted by Crippen LogP contribution is 2.39. The number of benzene rings is 2. The van der Waals surface area contributed by atoms with Crippen molar-refractivity contribution in [1.29, 1.82) is 0 Å². The van der Waals surface area contributed by atoms with Crippen LogP contribution in [0.15, 0.2) is 41.3 Å². The molecule has 0 unspecified atom stereocenters. The molecule has 1 aliphatic heterocycles. The standard InChI is InChI=1S/C21H23F2NO3S/c1-28(25,26)18-4-2-14(3-5-18)15-8-19(22)21(20(23)9-15)27-12-13-6-16-10-24-11-17(16)7-13/h2-5,8-9,13,16-17,24H,6-7,10-12H2,1H3/t13-,16-,17+. The molecule has 28 heavy (non-hydrogen) atoms. The molecule has 2 aromatic carbocycles. The fraction of sp³-hybridized carbons (Fsp3) is 0.429. The van der Waals surface area contributed by atoms with Crippen molar-refractivity contribution >= 4 is 9.84 Å². The third-order valence-corrected chi connectivity index (χ3v) is 6.96. The third-order valence-electron chi connectivity index (χ3n) is 5.83. The molecule has 1 heterocycles. The molecule has 1 saturated carbocycles. The van der Waals surface area contributed by atoms with Crippen LogP contribution < -0.4 is 10.1 Å². The maximum Gasteiger partial charge on any atom is 0.190 e. The highest BCUT2D eigenvalue weighted by Gasteiger charge is 2.37. The van der Waals surface area contributed by atoms with Crippen LogP contribution in [0.2, 0.25) is 0 Å². The number of ether oxygens (including phenoxy) is 1. The number of hydrogen-bond acceptors (Lipinski definition) is 4. The van der Waals surface area contributed by atoms with Gasteiger partial charge in [-0.2, -0.15) is 0 Å². The molecule has 1 N–H and O–H groups in total. The number of fused-ring (bicyclic) bond motifs is 1. The molecule has 0 amide bonds. The summed E-state index contributed by atoms with van der Waals surface area (Å²) in [5, 5.41) is 3.38. The minimum Gasteiger partial charge on any atom is -0.487 e. The highest BCUT2D eigenvalue weighted by molar-refractivity contribution is 7.90. The molecule has 2 aliphatic rings. The van der Waals surface area contributed by atoms with E-state index in [4.69, 9.17) is 4.74 Å². The van der Waals surface area contributed by atoms with Gasteiger partial charge in [0, 0.05) is 6.26 Å². The van der Waals surface area contributed by atoms with Gasteiger partial charge in [0.25, 0.3) is 0 Å². The first kappa shape index (κ1) is 19.3. The van der Waals surface area contributed by atoms with Crippen molar-refractivity contribution < 1.29 is 21.9 Å². The quantitative estimate of drug-likeness (QED) is 0.822. The van der Waals surface area contributed by atoms with Crippen LogP contribution in [-0.2, 0) is 9.84 Å². The van der Waals surface area contributed by atoms with E-state index in [-0.39, 0.29) is 10.6 Å². The van der Waals surface area contributed by atoms with Gasteiger partial charge < -0.3 is 10.1 Å². The van der Waals surface area contributed by atoms with Crippen molar-refractivity contribution in [3.05, 3.63) is 48.0 Å². The number of hydrogen-bond donors (Lipinski definition) is 1.